The van der Waals surface area contributed by atoms with E-state index in [1.54, 1.807) is 19.4 Å². The van der Waals surface area contributed by atoms with E-state index < -0.39 is 30.8 Å². The predicted molar refractivity (Wildman–Crippen MR) is 115 cm³/mol. The summed E-state index contributed by atoms with van der Waals surface area (Å²) < 4.78 is 37.5. The number of nitrogens with two attached hydrogens (primary N) is 1. The van der Waals surface area contributed by atoms with Gasteiger partial charge < -0.3 is 4.90 Å². The highest BCUT2D eigenvalue weighted by molar-refractivity contribution is 7.92. The van der Waals surface area contributed by atoms with Gasteiger partial charge in [-0.15, -0.1) is 0 Å². The third-order valence-corrected chi connectivity index (χ3v) is 9.23. The zero-order valence-electron chi connectivity index (χ0n) is 16.4. The molecule has 156 valence electrons. The Morgan fingerprint density at radius 2 is 2.14 bits per heavy atom. The lowest BCUT2D eigenvalue weighted by Crippen LogP contribution is -2.46. The lowest BCUT2D eigenvalue weighted by molar-refractivity contribution is 0.563. The number of fused-ring (bicyclic) bond motifs is 1. The summed E-state index contributed by atoms with van der Waals surface area (Å²) in [7, 11) is -4.44. The van der Waals surface area contributed by atoms with Gasteiger partial charge in [-0.25, -0.2) is 17.6 Å². The van der Waals surface area contributed by atoms with E-state index in [2.05, 4.69) is 9.88 Å². The van der Waals surface area contributed by atoms with Gasteiger partial charge in [0.25, 0.3) is 0 Å². The number of hydrogen-bond donors (Lipinski definition) is 1. The first kappa shape index (κ1) is 21.5. The van der Waals surface area contributed by atoms with Crippen molar-refractivity contribution in [3.8, 4) is 0 Å². The van der Waals surface area contributed by atoms with Gasteiger partial charge >= 0.3 is 0 Å². The first-order valence-electron chi connectivity index (χ1n) is 9.29. The zero-order valence-corrected chi connectivity index (χ0v) is 18.8. The summed E-state index contributed by atoms with van der Waals surface area (Å²) in [5.74, 6) is 1.07. The largest absolute Gasteiger partial charge is 0.355 e. The summed E-state index contributed by atoms with van der Waals surface area (Å²) in [5, 5.41) is 5.77. The molecule has 1 aliphatic rings. The Kier molecular flexibility index (Phi) is 6.10. The molecule has 1 aliphatic heterocycles. The number of halogens is 1. The molecule has 2 aromatic rings. The van der Waals surface area contributed by atoms with Crippen molar-refractivity contribution in [2.24, 2.45) is 5.14 Å². The van der Waals surface area contributed by atoms with Crippen molar-refractivity contribution in [1.29, 1.82) is 0 Å². The second-order valence-corrected chi connectivity index (χ2v) is 12.7. The van der Waals surface area contributed by atoms with Crippen LogP contribution in [0.15, 0.2) is 18.6 Å². The van der Waals surface area contributed by atoms with Gasteiger partial charge in [0, 0.05) is 13.1 Å². The van der Waals surface area contributed by atoms with Crippen LogP contribution in [0.4, 0.5) is 5.82 Å². The molecule has 2 unspecified atom stereocenters. The number of nitrogens with zero attached hydrogens (tertiary/aromatic N) is 3. The molecule has 0 radical (unpaired) electrons. The lowest BCUT2D eigenvalue weighted by atomic mass is 10.0. The van der Waals surface area contributed by atoms with Gasteiger partial charge in [-0.1, -0.05) is 11.6 Å². The van der Waals surface area contributed by atoms with Crippen molar-refractivity contribution in [3.63, 3.8) is 0 Å². The van der Waals surface area contributed by atoms with Crippen LogP contribution >= 0.6 is 11.6 Å². The highest BCUT2D eigenvalue weighted by Crippen LogP contribution is 2.32. The minimum absolute atomic E-state index is 0.131. The molecule has 0 aromatic carbocycles. The van der Waals surface area contributed by atoms with Crippen LogP contribution in [0.3, 0.4) is 0 Å². The molecular formula is C18H27ClN4O3S2. The SMILES string of the molecule is CC1CN(c2c(CCCC(C)(C)S(N)=O)cc(Cl)c3cncn23)CCS1(=O)=O. The van der Waals surface area contributed by atoms with E-state index in [0.29, 0.717) is 24.5 Å². The second-order valence-electron chi connectivity index (χ2n) is 8.02. The van der Waals surface area contributed by atoms with Gasteiger partial charge in [0.2, 0.25) is 0 Å². The van der Waals surface area contributed by atoms with Gasteiger partial charge in [-0.05, 0) is 51.7 Å². The number of anilines is 1. The molecule has 3 rings (SSSR count). The number of aryl methyl sites for hydroxylation is 1. The van der Waals surface area contributed by atoms with Crippen molar-refractivity contribution < 1.29 is 12.6 Å². The minimum atomic E-state index is -3.05. The quantitative estimate of drug-likeness (QED) is 0.734. The zero-order chi connectivity index (χ0) is 20.7. The maximum absolute atomic E-state index is 12.1. The molecule has 1 fully saturated rings. The minimum Gasteiger partial charge on any atom is -0.355 e. The summed E-state index contributed by atoms with van der Waals surface area (Å²) in [5.41, 5.74) is 1.82. The molecule has 7 nitrogen and oxygen atoms in total. The van der Waals surface area contributed by atoms with Crippen LogP contribution in [-0.2, 0) is 27.2 Å². The number of aromatic nitrogens is 2. The number of pyridine rings is 1. The average Bonchev–Trinajstić information content (AvgIpc) is 3.08. The third kappa shape index (κ3) is 4.22. The molecule has 2 atom stereocenters. The Morgan fingerprint density at radius 3 is 2.79 bits per heavy atom. The standard InChI is InChI=1S/C18H27ClN4O3S2/c1-13-11-22(7-8-28(13,25)26)17-14(5-4-6-18(2,3)27(20)24)9-15(19)16-10-21-12-23(16)17/h9-10,12-13H,4-8,11,20H2,1-3H3. The highest BCUT2D eigenvalue weighted by atomic mass is 35.5. The molecule has 3 heterocycles. The summed E-state index contributed by atoms with van der Waals surface area (Å²) in [6.07, 6.45) is 5.65. The van der Waals surface area contributed by atoms with E-state index in [1.807, 2.05) is 24.3 Å². The van der Waals surface area contributed by atoms with Crippen LogP contribution in [0.25, 0.3) is 5.52 Å². The second kappa shape index (κ2) is 7.93. The molecule has 2 N–H and O–H groups in total. The van der Waals surface area contributed by atoms with Crippen LogP contribution in [0.2, 0.25) is 5.02 Å². The van der Waals surface area contributed by atoms with Gasteiger partial charge in [-0.2, -0.15) is 0 Å². The Balaban J connectivity index is 1.94. The molecule has 0 aliphatic carbocycles. The Hall–Kier alpha value is -1.16. The highest BCUT2D eigenvalue weighted by Gasteiger charge is 2.32. The Bertz CT molecular complexity index is 1000. The van der Waals surface area contributed by atoms with Gasteiger partial charge in [0.15, 0.2) is 9.84 Å². The van der Waals surface area contributed by atoms with E-state index in [-0.39, 0.29) is 5.75 Å². The number of rotatable bonds is 6. The molecule has 28 heavy (non-hydrogen) atoms. The van der Waals surface area contributed by atoms with Gasteiger partial charge in [0.05, 0.1) is 43.5 Å². The van der Waals surface area contributed by atoms with Gasteiger partial charge in [0.1, 0.15) is 12.1 Å². The van der Waals surface area contributed by atoms with Crippen LogP contribution in [-0.4, -0.2) is 50.9 Å². The molecule has 0 amide bonds. The maximum Gasteiger partial charge on any atom is 0.156 e. The smallest absolute Gasteiger partial charge is 0.156 e. The summed E-state index contributed by atoms with van der Waals surface area (Å²) >= 11 is 6.46. The average molecular weight is 447 g/mol. The van der Waals surface area contributed by atoms with Crippen molar-refractivity contribution >= 4 is 43.8 Å². The van der Waals surface area contributed by atoms with Crippen LogP contribution in [0.1, 0.15) is 39.2 Å². The molecule has 1 saturated heterocycles. The fraction of sp³-hybridized carbons (Fsp3) is 0.611. The van der Waals surface area contributed by atoms with Crippen molar-refractivity contribution in [1.82, 2.24) is 9.38 Å². The summed E-state index contributed by atoms with van der Waals surface area (Å²) in [6.45, 7) is 6.41. The van der Waals surface area contributed by atoms with Gasteiger partial charge in [-0.3, -0.25) is 9.54 Å². The maximum atomic E-state index is 12.1. The molecule has 0 bridgehead atoms. The van der Waals surface area contributed by atoms with Crippen LogP contribution in [0, 0.1) is 0 Å². The first-order valence-corrected chi connectivity index (χ1v) is 12.6. The topological polar surface area (TPSA) is 97.8 Å². The Morgan fingerprint density at radius 1 is 1.43 bits per heavy atom. The van der Waals surface area contributed by atoms with Crippen LogP contribution < -0.4 is 10.0 Å². The van der Waals surface area contributed by atoms with Crippen molar-refractivity contribution in [2.45, 2.75) is 50.0 Å². The number of hydrogen-bond acceptors (Lipinski definition) is 5. The monoisotopic (exact) mass is 446 g/mol. The fourth-order valence-corrected chi connectivity index (χ4v) is 5.48. The first-order chi connectivity index (χ1) is 13.0. The van der Waals surface area contributed by atoms with Crippen LogP contribution in [0.5, 0.6) is 0 Å². The Labute approximate surface area is 173 Å². The normalized spacial score (nSPS) is 21.2. The lowest BCUT2D eigenvalue weighted by Gasteiger charge is -2.34. The van der Waals surface area contributed by atoms with Crippen molar-refractivity contribution in [2.75, 3.05) is 23.7 Å². The summed E-state index contributed by atoms with van der Waals surface area (Å²) in [4.78, 5) is 6.34. The van der Waals surface area contributed by atoms with Crippen molar-refractivity contribution in [3.05, 3.63) is 29.2 Å². The fourth-order valence-electron chi connectivity index (χ4n) is 3.58. The van der Waals surface area contributed by atoms with E-state index in [4.69, 9.17) is 16.7 Å². The number of imidazole rings is 1. The summed E-state index contributed by atoms with van der Waals surface area (Å²) in [6, 6.07) is 1.94. The van der Waals surface area contributed by atoms with E-state index in [0.717, 1.165) is 29.7 Å². The molecular weight excluding hydrogens is 420 g/mol. The molecule has 0 saturated carbocycles. The molecule has 2 aromatic heterocycles. The third-order valence-electron chi connectivity index (χ3n) is 5.50. The number of sulfone groups is 1. The predicted octanol–water partition coefficient (Wildman–Crippen LogP) is 2.33. The molecule has 10 heteroatoms. The van der Waals surface area contributed by atoms with E-state index in [9.17, 15) is 12.6 Å². The van der Waals surface area contributed by atoms with E-state index >= 15 is 0 Å². The molecule has 0 spiro atoms. The van der Waals surface area contributed by atoms with E-state index in [1.165, 1.54) is 0 Å².